The Labute approximate surface area is 104 Å². The molecular weight excluding hydrogens is 272 g/mol. The molecule has 0 N–H and O–H groups in total. The quantitative estimate of drug-likeness (QED) is 0.616. The number of halogens is 1. The molecule has 0 aromatic heterocycles. The molecule has 4 heteroatoms. The first-order valence-corrected chi connectivity index (χ1v) is 6.14. The SMILES string of the molecule is CCOC(=O)C(Br)c1ccccc1OCC. The first-order chi connectivity index (χ1) is 7.70. The van der Waals surface area contributed by atoms with Gasteiger partial charge < -0.3 is 9.47 Å². The Bertz CT molecular complexity index is 352. The van der Waals surface area contributed by atoms with Gasteiger partial charge in [0.2, 0.25) is 0 Å². The minimum absolute atomic E-state index is 0.297. The fourth-order valence-corrected chi connectivity index (χ4v) is 1.83. The second-order valence-electron chi connectivity index (χ2n) is 3.09. The van der Waals surface area contributed by atoms with E-state index < -0.39 is 4.83 Å². The molecule has 0 aliphatic rings. The molecule has 0 saturated carbocycles. The Morgan fingerprint density at radius 2 is 2.00 bits per heavy atom. The van der Waals surface area contributed by atoms with Crippen LogP contribution < -0.4 is 4.74 Å². The van der Waals surface area contributed by atoms with E-state index in [1.54, 1.807) is 6.92 Å². The summed E-state index contributed by atoms with van der Waals surface area (Å²) in [5.41, 5.74) is 0.794. The van der Waals surface area contributed by atoms with Crippen LogP contribution in [0, 0.1) is 0 Å². The van der Waals surface area contributed by atoms with Crippen molar-refractivity contribution in [2.45, 2.75) is 18.7 Å². The monoisotopic (exact) mass is 286 g/mol. The van der Waals surface area contributed by atoms with Crippen molar-refractivity contribution in [1.29, 1.82) is 0 Å². The lowest BCUT2D eigenvalue weighted by Crippen LogP contribution is -2.12. The van der Waals surface area contributed by atoms with E-state index in [1.165, 1.54) is 0 Å². The van der Waals surface area contributed by atoms with Gasteiger partial charge in [0.25, 0.3) is 0 Å². The van der Waals surface area contributed by atoms with Crippen LogP contribution in [0.5, 0.6) is 5.75 Å². The van der Waals surface area contributed by atoms with Crippen LogP contribution in [-0.4, -0.2) is 19.2 Å². The fraction of sp³-hybridized carbons (Fsp3) is 0.417. The predicted molar refractivity (Wildman–Crippen MR) is 65.9 cm³/mol. The highest BCUT2D eigenvalue weighted by Crippen LogP contribution is 2.31. The van der Waals surface area contributed by atoms with Crippen LogP contribution in [0.4, 0.5) is 0 Å². The van der Waals surface area contributed by atoms with Crippen molar-refractivity contribution in [2.75, 3.05) is 13.2 Å². The third-order valence-electron chi connectivity index (χ3n) is 1.99. The minimum Gasteiger partial charge on any atom is -0.494 e. The summed E-state index contributed by atoms with van der Waals surface area (Å²) in [5.74, 6) is 0.412. The average molecular weight is 287 g/mol. The van der Waals surface area contributed by atoms with Crippen molar-refractivity contribution >= 4 is 21.9 Å². The first kappa shape index (κ1) is 13.0. The summed E-state index contributed by atoms with van der Waals surface area (Å²) in [5, 5.41) is 0. The van der Waals surface area contributed by atoms with Gasteiger partial charge in [0.05, 0.1) is 13.2 Å². The van der Waals surface area contributed by atoms with E-state index in [-0.39, 0.29) is 5.97 Å². The molecule has 1 atom stereocenters. The molecule has 0 amide bonds. The molecule has 1 aromatic rings. The van der Waals surface area contributed by atoms with Gasteiger partial charge in [-0.1, -0.05) is 34.1 Å². The van der Waals surface area contributed by atoms with Gasteiger partial charge in [-0.2, -0.15) is 0 Å². The van der Waals surface area contributed by atoms with Gasteiger partial charge in [0.1, 0.15) is 10.6 Å². The Balaban J connectivity index is 2.89. The molecule has 1 unspecified atom stereocenters. The van der Waals surface area contributed by atoms with Crippen molar-refractivity contribution in [1.82, 2.24) is 0 Å². The predicted octanol–water partition coefficient (Wildman–Crippen LogP) is 3.08. The Kier molecular flexibility index (Phi) is 5.32. The lowest BCUT2D eigenvalue weighted by molar-refractivity contribution is -0.142. The molecule has 16 heavy (non-hydrogen) atoms. The smallest absolute Gasteiger partial charge is 0.324 e. The number of carbonyl (C=O) groups excluding carboxylic acids is 1. The van der Waals surface area contributed by atoms with Crippen molar-refractivity contribution in [3.05, 3.63) is 29.8 Å². The van der Waals surface area contributed by atoms with Gasteiger partial charge >= 0.3 is 5.97 Å². The summed E-state index contributed by atoms with van der Waals surface area (Å²) in [6.45, 7) is 4.63. The van der Waals surface area contributed by atoms with Gasteiger partial charge in [-0.05, 0) is 19.9 Å². The van der Waals surface area contributed by atoms with Crippen LogP contribution in [0.2, 0.25) is 0 Å². The second-order valence-corrected chi connectivity index (χ2v) is 4.00. The average Bonchev–Trinajstić information content (AvgIpc) is 2.29. The highest BCUT2D eigenvalue weighted by Gasteiger charge is 2.21. The van der Waals surface area contributed by atoms with E-state index in [9.17, 15) is 4.79 Å². The van der Waals surface area contributed by atoms with Crippen LogP contribution >= 0.6 is 15.9 Å². The van der Waals surface area contributed by atoms with Crippen LogP contribution in [-0.2, 0) is 9.53 Å². The second kappa shape index (κ2) is 6.53. The lowest BCUT2D eigenvalue weighted by Gasteiger charge is -2.13. The fourth-order valence-electron chi connectivity index (χ4n) is 1.32. The third-order valence-corrected chi connectivity index (χ3v) is 2.85. The minimum atomic E-state index is -0.477. The number of carbonyl (C=O) groups is 1. The van der Waals surface area contributed by atoms with Crippen molar-refractivity contribution in [3.8, 4) is 5.75 Å². The third kappa shape index (κ3) is 3.23. The number of rotatable bonds is 5. The molecular formula is C12H15BrO3. The van der Waals surface area contributed by atoms with E-state index in [1.807, 2.05) is 31.2 Å². The summed E-state index contributed by atoms with van der Waals surface area (Å²) < 4.78 is 10.4. The highest BCUT2D eigenvalue weighted by molar-refractivity contribution is 9.09. The molecule has 0 fully saturated rings. The van der Waals surface area contributed by atoms with Crippen LogP contribution in [0.25, 0.3) is 0 Å². The molecule has 0 aliphatic carbocycles. The maximum atomic E-state index is 11.6. The van der Waals surface area contributed by atoms with Gasteiger partial charge in [-0.3, -0.25) is 4.79 Å². The summed E-state index contributed by atoms with van der Waals surface area (Å²) in [4.78, 5) is 11.1. The number of para-hydroxylation sites is 1. The molecule has 0 bridgehead atoms. The number of alkyl halides is 1. The van der Waals surface area contributed by atoms with Crippen LogP contribution in [0.1, 0.15) is 24.2 Å². The van der Waals surface area contributed by atoms with Crippen molar-refractivity contribution in [2.24, 2.45) is 0 Å². The highest BCUT2D eigenvalue weighted by atomic mass is 79.9. The summed E-state index contributed by atoms with van der Waals surface area (Å²) in [7, 11) is 0. The Hall–Kier alpha value is -1.03. The molecule has 0 saturated heterocycles. The number of ether oxygens (including phenoxy) is 2. The Morgan fingerprint density at radius 1 is 1.31 bits per heavy atom. The largest absolute Gasteiger partial charge is 0.494 e. The van der Waals surface area contributed by atoms with E-state index in [2.05, 4.69) is 15.9 Å². The van der Waals surface area contributed by atoms with Crippen LogP contribution in [0.3, 0.4) is 0 Å². The maximum Gasteiger partial charge on any atom is 0.324 e. The van der Waals surface area contributed by atoms with E-state index in [0.29, 0.717) is 19.0 Å². The van der Waals surface area contributed by atoms with Gasteiger partial charge in [-0.15, -0.1) is 0 Å². The number of benzene rings is 1. The zero-order valence-corrected chi connectivity index (χ0v) is 11.0. The van der Waals surface area contributed by atoms with E-state index in [0.717, 1.165) is 5.56 Å². The van der Waals surface area contributed by atoms with Crippen LogP contribution in [0.15, 0.2) is 24.3 Å². The summed E-state index contributed by atoms with van der Waals surface area (Å²) in [6, 6.07) is 7.43. The zero-order chi connectivity index (χ0) is 12.0. The molecule has 88 valence electrons. The van der Waals surface area contributed by atoms with Gasteiger partial charge in [0, 0.05) is 5.56 Å². The normalized spacial score (nSPS) is 11.9. The molecule has 0 aliphatic heterocycles. The standard InChI is InChI=1S/C12H15BrO3/c1-3-15-10-8-6-5-7-9(10)11(13)12(14)16-4-2/h5-8,11H,3-4H2,1-2H3. The molecule has 0 heterocycles. The zero-order valence-electron chi connectivity index (χ0n) is 9.40. The molecule has 1 aromatic carbocycles. The topological polar surface area (TPSA) is 35.5 Å². The number of hydrogen-bond acceptors (Lipinski definition) is 3. The Morgan fingerprint density at radius 3 is 2.62 bits per heavy atom. The molecule has 1 rings (SSSR count). The van der Waals surface area contributed by atoms with Gasteiger partial charge in [-0.25, -0.2) is 0 Å². The number of hydrogen-bond donors (Lipinski definition) is 0. The lowest BCUT2D eigenvalue weighted by atomic mass is 10.1. The summed E-state index contributed by atoms with van der Waals surface area (Å²) >= 11 is 3.32. The number of esters is 1. The molecule has 3 nitrogen and oxygen atoms in total. The van der Waals surface area contributed by atoms with E-state index >= 15 is 0 Å². The van der Waals surface area contributed by atoms with E-state index in [4.69, 9.17) is 9.47 Å². The first-order valence-electron chi connectivity index (χ1n) is 5.23. The van der Waals surface area contributed by atoms with Crippen molar-refractivity contribution < 1.29 is 14.3 Å². The van der Waals surface area contributed by atoms with Gasteiger partial charge in [0.15, 0.2) is 0 Å². The maximum absolute atomic E-state index is 11.6. The molecule has 0 spiro atoms. The molecule has 0 radical (unpaired) electrons. The summed E-state index contributed by atoms with van der Waals surface area (Å²) in [6.07, 6.45) is 0. The van der Waals surface area contributed by atoms with Crippen molar-refractivity contribution in [3.63, 3.8) is 0 Å².